The van der Waals surface area contributed by atoms with Gasteiger partial charge in [0.25, 0.3) is 0 Å². The summed E-state index contributed by atoms with van der Waals surface area (Å²) in [5.74, 6) is 0.816. The number of benzene rings is 1. The van der Waals surface area contributed by atoms with E-state index in [4.69, 9.17) is 4.74 Å². The summed E-state index contributed by atoms with van der Waals surface area (Å²) in [6.45, 7) is 4.68. The first-order valence-corrected chi connectivity index (χ1v) is 10.5. The van der Waals surface area contributed by atoms with Gasteiger partial charge in [0.2, 0.25) is 10.0 Å². The van der Waals surface area contributed by atoms with Crippen LogP contribution in [0.4, 0.5) is 0 Å². The predicted octanol–water partition coefficient (Wildman–Crippen LogP) is 2.34. The Balaban J connectivity index is 1.82. The minimum Gasteiger partial charge on any atom is -0.496 e. The molecule has 1 aromatic rings. The molecule has 0 bridgehead atoms. The molecule has 2 aliphatic rings. The Morgan fingerprint density at radius 2 is 1.96 bits per heavy atom. The van der Waals surface area contributed by atoms with Crippen LogP contribution in [0.3, 0.4) is 0 Å². The fourth-order valence-corrected chi connectivity index (χ4v) is 5.44. The Hall–Kier alpha value is -1.11. The predicted molar refractivity (Wildman–Crippen MR) is 95.1 cm³/mol. The third-order valence-electron chi connectivity index (χ3n) is 5.37. The van der Waals surface area contributed by atoms with E-state index in [2.05, 4.69) is 16.5 Å². The van der Waals surface area contributed by atoms with E-state index in [1.165, 1.54) is 0 Å². The highest BCUT2D eigenvalue weighted by atomic mass is 32.2. The molecule has 24 heavy (non-hydrogen) atoms. The first-order valence-electron chi connectivity index (χ1n) is 8.99. The SMILES string of the molecule is CCN1CCC[C@H]1CNS(=O)(=O)c1ccc(OC)c2c1CCCC2. The van der Waals surface area contributed by atoms with Gasteiger partial charge >= 0.3 is 0 Å². The van der Waals surface area contributed by atoms with Gasteiger partial charge < -0.3 is 4.74 Å². The van der Waals surface area contributed by atoms with Crippen LogP contribution in [0, 0.1) is 0 Å². The van der Waals surface area contributed by atoms with Gasteiger partial charge in [-0.25, -0.2) is 13.1 Å². The third-order valence-corrected chi connectivity index (χ3v) is 6.88. The lowest BCUT2D eigenvalue weighted by Gasteiger charge is -2.24. The minimum absolute atomic E-state index is 0.318. The van der Waals surface area contributed by atoms with Gasteiger partial charge in [0.15, 0.2) is 0 Å². The van der Waals surface area contributed by atoms with Crippen molar-refractivity contribution in [1.29, 1.82) is 0 Å². The third kappa shape index (κ3) is 3.46. The van der Waals surface area contributed by atoms with Crippen molar-refractivity contribution in [2.24, 2.45) is 0 Å². The van der Waals surface area contributed by atoms with Crippen LogP contribution in [-0.2, 0) is 22.9 Å². The second-order valence-electron chi connectivity index (χ2n) is 6.71. The first kappa shape index (κ1) is 17.7. The Kier molecular flexibility index (Phi) is 5.47. The van der Waals surface area contributed by atoms with Crippen LogP contribution >= 0.6 is 0 Å². The highest BCUT2D eigenvalue weighted by molar-refractivity contribution is 7.89. The van der Waals surface area contributed by atoms with E-state index in [1.54, 1.807) is 19.2 Å². The number of nitrogens with one attached hydrogen (secondary N) is 1. The molecule has 1 fully saturated rings. The summed E-state index contributed by atoms with van der Waals surface area (Å²) < 4.78 is 34.1. The molecule has 134 valence electrons. The van der Waals surface area contributed by atoms with E-state index in [0.29, 0.717) is 17.5 Å². The van der Waals surface area contributed by atoms with Crippen molar-refractivity contribution in [2.75, 3.05) is 26.7 Å². The number of likely N-dealkylation sites (N-methyl/N-ethyl adjacent to an activating group) is 1. The Labute approximate surface area is 145 Å². The molecule has 0 spiro atoms. The molecule has 0 aromatic heterocycles. The normalized spacial score (nSPS) is 21.7. The second kappa shape index (κ2) is 7.42. The van der Waals surface area contributed by atoms with Crippen molar-refractivity contribution in [3.05, 3.63) is 23.3 Å². The van der Waals surface area contributed by atoms with Gasteiger partial charge in [0.05, 0.1) is 12.0 Å². The summed E-state index contributed by atoms with van der Waals surface area (Å²) in [5.41, 5.74) is 2.02. The fraction of sp³-hybridized carbons (Fsp3) is 0.667. The first-order chi connectivity index (χ1) is 11.6. The van der Waals surface area contributed by atoms with Gasteiger partial charge in [0, 0.05) is 12.6 Å². The summed E-state index contributed by atoms with van der Waals surface area (Å²) in [6, 6.07) is 3.82. The quantitative estimate of drug-likeness (QED) is 0.854. The number of fused-ring (bicyclic) bond motifs is 1. The molecule has 0 unspecified atom stereocenters. The number of sulfonamides is 1. The van der Waals surface area contributed by atoms with Crippen molar-refractivity contribution < 1.29 is 13.2 Å². The monoisotopic (exact) mass is 352 g/mol. The smallest absolute Gasteiger partial charge is 0.240 e. The van der Waals surface area contributed by atoms with Gasteiger partial charge in [-0.05, 0) is 74.9 Å². The summed E-state index contributed by atoms with van der Waals surface area (Å²) >= 11 is 0. The molecule has 1 N–H and O–H groups in total. The zero-order valence-electron chi connectivity index (χ0n) is 14.7. The summed E-state index contributed by atoms with van der Waals surface area (Å²) in [5, 5.41) is 0. The average molecular weight is 353 g/mol. The van der Waals surface area contributed by atoms with Crippen LogP contribution < -0.4 is 9.46 Å². The van der Waals surface area contributed by atoms with Gasteiger partial charge in [-0.1, -0.05) is 6.92 Å². The number of rotatable bonds is 6. The zero-order chi connectivity index (χ0) is 17.2. The topological polar surface area (TPSA) is 58.6 Å². The fourth-order valence-electron chi connectivity index (χ4n) is 4.07. The van der Waals surface area contributed by atoms with Crippen molar-refractivity contribution >= 4 is 10.0 Å². The van der Waals surface area contributed by atoms with E-state index in [9.17, 15) is 8.42 Å². The van der Waals surface area contributed by atoms with Gasteiger partial charge in [-0.15, -0.1) is 0 Å². The molecule has 1 heterocycles. The highest BCUT2D eigenvalue weighted by Crippen LogP contribution is 2.34. The lowest BCUT2D eigenvalue weighted by atomic mass is 9.91. The van der Waals surface area contributed by atoms with Crippen LogP contribution in [-0.4, -0.2) is 46.1 Å². The van der Waals surface area contributed by atoms with Crippen molar-refractivity contribution in [3.8, 4) is 5.75 Å². The largest absolute Gasteiger partial charge is 0.496 e. The Bertz CT molecular complexity index is 688. The van der Waals surface area contributed by atoms with Crippen LogP contribution in [0.15, 0.2) is 17.0 Å². The number of ether oxygens (including phenoxy) is 1. The zero-order valence-corrected chi connectivity index (χ0v) is 15.5. The summed E-state index contributed by atoms with van der Waals surface area (Å²) in [7, 11) is -1.83. The summed E-state index contributed by atoms with van der Waals surface area (Å²) in [4.78, 5) is 2.80. The molecular formula is C18H28N2O3S. The van der Waals surface area contributed by atoms with Gasteiger partial charge in [-0.3, -0.25) is 4.90 Å². The molecule has 1 aliphatic heterocycles. The van der Waals surface area contributed by atoms with Crippen molar-refractivity contribution in [1.82, 2.24) is 9.62 Å². The molecule has 0 radical (unpaired) electrons. The number of hydrogen-bond acceptors (Lipinski definition) is 4. The molecule has 6 heteroatoms. The molecule has 3 rings (SSSR count). The second-order valence-corrected chi connectivity index (χ2v) is 8.44. The molecule has 1 aromatic carbocycles. The van der Waals surface area contributed by atoms with E-state index in [0.717, 1.165) is 68.5 Å². The van der Waals surface area contributed by atoms with Crippen molar-refractivity contribution in [2.45, 2.75) is 56.4 Å². The van der Waals surface area contributed by atoms with E-state index < -0.39 is 10.0 Å². The number of hydrogen-bond donors (Lipinski definition) is 1. The van der Waals surface area contributed by atoms with Gasteiger partial charge in [0.1, 0.15) is 5.75 Å². The Morgan fingerprint density at radius 1 is 1.21 bits per heavy atom. The van der Waals surface area contributed by atoms with E-state index in [1.807, 2.05) is 0 Å². The van der Waals surface area contributed by atoms with Crippen LogP contribution in [0.25, 0.3) is 0 Å². The maximum absolute atomic E-state index is 12.9. The molecule has 5 nitrogen and oxygen atoms in total. The van der Waals surface area contributed by atoms with Crippen LogP contribution in [0.1, 0.15) is 43.7 Å². The molecule has 1 saturated heterocycles. The molecular weight excluding hydrogens is 324 g/mol. The number of methoxy groups -OCH3 is 1. The van der Waals surface area contributed by atoms with Gasteiger partial charge in [-0.2, -0.15) is 0 Å². The highest BCUT2D eigenvalue weighted by Gasteiger charge is 2.28. The maximum atomic E-state index is 12.9. The van der Waals surface area contributed by atoms with Crippen LogP contribution in [0.5, 0.6) is 5.75 Å². The maximum Gasteiger partial charge on any atom is 0.240 e. The van der Waals surface area contributed by atoms with Crippen molar-refractivity contribution in [3.63, 3.8) is 0 Å². The molecule has 0 amide bonds. The lowest BCUT2D eigenvalue weighted by Crippen LogP contribution is -2.40. The average Bonchev–Trinajstić information content (AvgIpc) is 3.06. The Morgan fingerprint density at radius 3 is 2.67 bits per heavy atom. The number of likely N-dealkylation sites (tertiary alicyclic amines) is 1. The van der Waals surface area contributed by atoms with Crippen LogP contribution in [0.2, 0.25) is 0 Å². The van der Waals surface area contributed by atoms with E-state index in [-0.39, 0.29) is 0 Å². The lowest BCUT2D eigenvalue weighted by molar-refractivity contribution is 0.268. The standard InChI is InChI=1S/C18H28N2O3S/c1-3-20-12-6-7-14(20)13-19-24(21,22)18-11-10-17(23-2)15-8-4-5-9-16(15)18/h10-11,14,19H,3-9,12-13H2,1-2H3/t14-/m0/s1. The molecule has 1 aliphatic carbocycles. The van der Waals surface area contributed by atoms with E-state index >= 15 is 0 Å². The molecule has 1 atom stereocenters. The number of nitrogens with zero attached hydrogens (tertiary/aromatic N) is 1. The minimum atomic E-state index is -3.48. The summed E-state index contributed by atoms with van der Waals surface area (Å²) in [6.07, 6.45) is 6.05. The molecule has 0 saturated carbocycles.